The van der Waals surface area contributed by atoms with Crippen LogP contribution in [-0.4, -0.2) is 45.8 Å². The first-order valence-corrected chi connectivity index (χ1v) is 15.5. The van der Waals surface area contributed by atoms with Gasteiger partial charge < -0.3 is 14.8 Å². The Morgan fingerprint density at radius 3 is 2.53 bits per heavy atom. The van der Waals surface area contributed by atoms with E-state index in [0.29, 0.717) is 42.0 Å². The molecule has 1 aliphatic heterocycles. The van der Waals surface area contributed by atoms with E-state index < -0.39 is 0 Å². The van der Waals surface area contributed by atoms with E-state index in [1.54, 1.807) is 18.3 Å². The normalized spacial score (nSPS) is 16.8. The fraction of sp³-hybridized carbons (Fsp3) is 0.714. The largest absolute Gasteiger partial charge is 0.460 e. The summed E-state index contributed by atoms with van der Waals surface area (Å²) in [5.74, 6) is 1.64. The van der Waals surface area contributed by atoms with Crippen molar-refractivity contribution < 1.29 is 19.1 Å². The lowest BCUT2D eigenvalue weighted by atomic mass is 9.96. The molecule has 0 aromatic carbocycles. The number of aromatic nitrogens is 1. The molecular weight excluding hydrogens is 492 g/mol. The number of hydrogen-bond acceptors (Lipinski definition) is 7. The van der Waals surface area contributed by atoms with E-state index in [1.165, 1.54) is 24.8 Å². The van der Waals surface area contributed by atoms with Crippen LogP contribution in [0.5, 0.6) is 0 Å². The molecule has 0 saturated carbocycles. The summed E-state index contributed by atoms with van der Waals surface area (Å²) < 4.78 is 6.03. The van der Waals surface area contributed by atoms with E-state index in [2.05, 4.69) is 31.1 Å². The molecule has 1 fully saturated rings. The average Bonchev–Trinajstić information content (AvgIpc) is 3.27. The van der Waals surface area contributed by atoms with Crippen LogP contribution in [0.15, 0.2) is 24.5 Å². The molecule has 1 saturated heterocycles. The number of amides is 1. The summed E-state index contributed by atoms with van der Waals surface area (Å²) in [5, 5.41) is 2.70. The Hall–Kier alpha value is -1.54. The summed E-state index contributed by atoms with van der Waals surface area (Å²) in [4.78, 5) is 37.1. The Morgan fingerprint density at radius 1 is 1.25 bits per heavy atom. The highest BCUT2D eigenvalue weighted by Gasteiger charge is 2.30. The molecule has 1 N–H and O–H groups in total. The minimum Gasteiger partial charge on any atom is -0.460 e. The highest BCUT2D eigenvalue weighted by molar-refractivity contribution is 8.77. The van der Waals surface area contributed by atoms with Gasteiger partial charge in [-0.05, 0) is 70.9 Å². The van der Waals surface area contributed by atoms with Crippen molar-refractivity contribution in [2.24, 2.45) is 5.92 Å². The number of nitrogens with one attached hydrogen (secondary N) is 1. The van der Waals surface area contributed by atoms with Gasteiger partial charge in [0.05, 0.1) is 5.56 Å². The van der Waals surface area contributed by atoms with Gasteiger partial charge in [-0.15, -0.1) is 0 Å². The number of hydrogen-bond donors (Lipinski definition) is 1. The van der Waals surface area contributed by atoms with Crippen molar-refractivity contribution in [3.05, 3.63) is 30.1 Å². The van der Waals surface area contributed by atoms with Gasteiger partial charge in [0.25, 0.3) is 5.91 Å². The Morgan fingerprint density at radius 2 is 1.97 bits per heavy atom. The predicted octanol–water partition coefficient (Wildman–Crippen LogP) is 7.28. The molecule has 2 heterocycles. The summed E-state index contributed by atoms with van der Waals surface area (Å²) >= 11 is 0. The first-order valence-electron chi connectivity index (χ1n) is 13.2. The van der Waals surface area contributed by atoms with Crippen LogP contribution >= 0.6 is 21.6 Å². The third-order valence-corrected chi connectivity index (χ3v) is 8.67. The zero-order valence-electron chi connectivity index (χ0n) is 23.4. The van der Waals surface area contributed by atoms with Crippen molar-refractivity contribution >= 4 is 39.8 Å². The van der Waals surface area contributed by atoms with Gasteiger partial charge in [-0.25, -0.2) is 0 Å². The summed E-state index contributed by atoms with van der Waals surface area (Å²) in [7, 11) is 4.00. The quantitative estimate of drug-likeness (QED) is 0.122. The minimum absolute atomic E-state index is 0.0331. The molecule has 1 aromatic heterocycles. The number of esters is 1. The number of unbranched alkanes of at least 4 members (excludes halogenated alkanes) is 2. The predicted molar refractivity (Wildman–Crippen MR) is 154 cm³/mol. The van der Waals surface area contributed by atoms with Gasteiger partial charge in [0.2, 0.25) is 0 Å². The number of ether oxygens (including phenoxy) is 1. The molecule has 1 aliphatic rings. The first kappa shape index (κ1) is 34.5. The lowest BCUT2D eigenvalue weighted by molar-refractivity contribution is -0.157. The Kier molecular flexibility index (Phi) is 18.7. The lowest BCUT2D eigenvalue weighted by Gasteiger charge is -2.27. The van der Waals surface area contributed by atoms with Crippen molar-refractivity contribution in [2.45, 2.75) is 110 Å². The van der Waals surface area contributed by atoms with Crippen LogP contribution in [0.4, 0.5) is 0 Å². The van der Waals surface area contributed by atoms with Crippen molar-refractivity contribution in [3.63, 3.8) is 0 Å². The second-order valence-corrected chi connectivity index (χ2v) is 13.0. The van der Waals surface area contributed by atoms with Crippen LogP contribution in [0.2, 0.25) is 0 Å². The molecule has 0 spiro atoms. The molecule has 8 heteroatoms. The molecule has 2 rings (SSSR count). The number of rotatable bonds is 13. The van der Waals surface area contributed by atoms with Crippen molar-refractivity contribution in [2.75, 3.05) is 12.3 Å². The van der Waals surface area contributed by atoms with Gasteiger partial charge in [0, 0.05) is 42.3 Å². The maximum absolute atomic E-state index is 11.9. The molecule has 6 nitrogen and oxygen atoms in total. The summed E-state index contributed by atoms with van der Waals surface area (Å²) in [5.41, 5.74) is 0.216. The van der Waals surface area contributed by atoms with E-state index in [4.69, 9.17) is 4.74 Å². The van der Waals surface area contributed by atoms with Gasteiger partial charge in [-0.1, -0.05) is 55.7 Å². The van der Waals surface area contributed by atoms with E-state index in [9.17, 15) is 14.4 Å². The van der Waals surface area contributed by atoms with Crippen LogP contribution in [0, 0.1) is 5.92 Å². The summed E-state index contributed by atoms with van der Waals surface area (Å²) in [6.45, 7) is 15.2. The Bertz CT molecular complexity index is 736. The van der Waals surface area contributed by atoms with Gasteiger partial charge in [-0.3, -0.25) is 14.6 Å². The van der Waals surface area contributed by atoms with Gasteiger partial charge >= 0.3 is 5.97 Å². The molecular formula is C28H48N2O4S2. The average molecular weight is 541 g/mol. The molecule has 1 amide bonds. The molecule has 206 valence electrons. The zero-order valence-corrected chi connectivity index (χ0v) is 25.1. The standard InChI is InChI=1S/C16H30O2S2.C10H12N2O2.C2H6/c1-13(2)12-15(3,4)18-14(17)8-6-7-9-16(5)10-11-19-20-16;13-7-2-1-6-12-10(14)9-4-3-5-11-8-9;1-2/h13H,6-12H2,1-5H3;3-5,7-8H,1-2,6H2,(H,12,14);1-2H3/t16-;;/m1../s1. The lowest BCUT2D eigenvalue weighted by Crippen LogP contribution is -2.29. The second kappa shape index (κ2) is 19.6. The number of nitrogens with zero attached hydrogens (tertiary/aromatic N) is 1. The number of carbonyl (C=O) groups excluding carboxylic acids is 3. The van der Waals surface area contributed by atoms with Gasteiger partial charge in [0.15, 0.2) is 0 Å². The topological polar surface area (TPSA) is 85.4 Å². The highest BCUT2D eigenvalue weighted by Crippen LogP contribution is 2.49. The smallest absolute Gasteiger partial charge is 0.306 e. The van der Waals surface area contributed by atoms with Crippen LogP contribution in [0.1, 0.15) is 110 Å². The molecule has 1 atom stereocenters. The Labute approximate surface area is 227 Å². The second-order valence-electron chi connectivity index (χ2n) is 9.95. The SMILES string of the molecule is CC.CC(C)CC(C)(C)OC(=O)CCCC[C@]1(C)CCSS1.O=CCCCNC(=O)c1cccnc1. The van der Waals surface area contributed by atoms with Crippen molar-refractivity contribution in [1.29, 1.82) is 0 Å². The van der Waals surface area contributed by atoms with Crippen molar-refractivity contribution in [3.8, 4) is 0 Å². The minimum atomic E-state index is -0.324. The third kappa shape index (κ3) is 17.0. The first-order chi connectivity index (χ1) is 17.1. The molecule has 0 unspecified atom stereocenters. The number of carbonyl (C=O) groups is 3. The van der Waals surface area contributed by atoms with E-state index >= 15 is 0 Å². The van der Waals surface area contributed by atoms with Crippen molar-refractivity contribution in [1.82, 2.24) is 10.3 Å². The third-order valence-electron chi connectivity index (χ3n) is 5.31. The Balaban J connectivity index is 0.000000671. The fourth-order valence-corrected chi connectivity index (χ4v) is 7.09. The van der Waals surface area contributed by atoms with E-state index in [0.717, 1.165) is 25.5 Å². The fourth-order valence-electron chi connectivity index (χ4n) is 3.79. The van der Waals surface area contributed by atoms with Gasteiger partial charge in [0.1, 0.15) is 11.9 Å². The molecule has 36 heavy (non-hydrogen) atoms. The maximum atomic E-state index is 11.9. The van der Waals surface area contributed by atoms with Crippen LogP contribution in [0.3, 0.4) is 0 Å². The van der Waals surface area contributed by atoms with Crippen LogP contribution < -0.4 is 5.32 Å². The molecule has 0 radical (unpaired) electrons. The van der Waals surface area contributed by atoms with Gasteiger partial charge in [-0.2, -0.15) is 0 Å². The van der Waals surface area contributed by atoms with Crippen LogP contribution in [-0.2, 0) is 14.3 Å². The number of aldehydes is 1. The maximum Gasteiger partial charge on any atom is 0.306 e. The van der Waals surface area contributed by atoms with Crippen LogP contribution in [0.25, 0.3) is 0 Å². The molecule has 1 aromatic rings. The molecule has 0 aliphatic carbocycles. The highest BCUT2D eigenvalue weighted by atomic mass is 33.1. The summed E-state index contributed by atoms with van der Waals surface area (Å²) in [6.07, 6.45) is 11.2. The molecule has 0 bridgehead atoms. The van der Waals surface area contributed by atoms with E-state index in [1.807, 2.05) is 49.3 Å². The summed E-state index contributed by atoms with van der Waals surface area (Å²) in [6, 6.07) is 3.41. The monoisotopic (exact) mass is 540 g/mol. The zero-order chi connectivity index (χ0) is 27.5. The number of pyridine rings is 1. The van der Waals surface area contributed by atoms with E-state index in [-0.39, 0.29) is 17.5 Å².